The quantitative estimate of drug-likeness (QED) is 0.292. The molecule has 0 aliphatic carbocycles. The maximum atomic E-state index is 11.1. The highest BCUT2D eigenvalue weighted by atomic mass is 35.5. The highest BCUT2D eigenvalue weighted by molar-refractivity contribution is 7.99. The van der Waals surface area contributed by atoms with Gasteiger partial charge in [0.1, 0.15) is 5.15 Å². The van der Waals surface area contributed by atoms with E-state index in [1.54, 1.807) is 0 Å². The van der Waals surface area contributed by atoms with Crippen LogP contribution < -0.4 is 5.32 Å². The molecule has 0 saturated carbocycles. The number of thioether (sulfide) groups is 1. The Labute approximate surface area is 216 Å². The minimum Gasteiger partial charge on any atom is -0.390 e. The normalized spacial score (nSPS) is 17.9. The zero-order valence-electron chi connectivity index (χ0n) is 20.2. The van der Waals surface area contributed by atoms with Gasteiger partial charge < -0.3 is 10.4 Å². The second-order valence-electron chi connectivity index (χ2n) is 10.1. The van der Waals surface area contributed by atoms with Crippen LogP contribution >= 0.6 is 23.4 Å². The lowest BCUT2D eigenvalue weighted by Crippen LogP contribution is -2.50. The van der Waals surface area contributed by atoms with E-state index < -0.39 is 6.10 Å². The van der Waals surface area contributed by atoms with Crippen molar-refractivity contribution < 1.29 is 5.11 Å². The molecule has 1 aliphatic rings. The maximum absolute atomic E-state index is 11.1. The number of benzene rings is 3. The molecule has 6 heteroatoms. The van der Waals surface area contributed by atoms with Crippen LogP contribution in [-0.2, 0) is 13.0 Å². The van der Waals surface area contributed by atoms with Crippen LogP contribution in [0.15, 0.2) is 72.8 Å². The molecule has 0 unspecified atom stereocenters. The highest BCUT2D eigenvalue weighted by Gasteiger charge is 2.32. The van der Waals surface area contributed by atoms with Gasteiger partial charge in [-0.3, -0.25) is 4.90 Å². The Hall–Kier alpha value is -2.15. The van der Waals surface area contributed by atoms with E-state index >= 15 is 0 Å². The number of hydrogen-bond donors (Lipinski definition) is 2. The minimum absolute atomic E-state index is 0.0755. The van der Waals surface area contributed by atoms with Gasteiger partial charge >= 0.3 is 0 Å². The number of nitrogens with zero attached hydrogens (tertiary/aromatic N) is 2. The number of para-hydroxylation sites is 1. The zero-order valence-corrected chi connectivity index (χ0v) is 21.8. The van der Waals surface area contributed by atoms with Crippen molar-refractivity contribution in [1.82, 2.24) is 15.2 Å². The van der Waals surface area contributed by atoms with Crippen LogP contribution in [0.2, 0.25) is 5.15 Å². The first-order valence-corrected chi connectivity index (χ1v) is 13.7. The number of rotatable bonds is 8. The van der Waals surface area contributed by atoms with E-state index in [2.05, 4.69) is 83.6 Å². The molecule has 1 aliphatic heterocycles. The number of pyridine rings is 1. The third-order valence-electron chi connectivity index (χ3n) is 6.83. The lowest BCUT2D eigenvalue weighted by molar-refractivity contribution is 0.0684. The Balaban J connectivity index is 1.21. The fourth-order valence-corrected chi connectivity index (χ4v) is 6.42. The van der Waals surface area contributed by atoms with Crippen molar-refractivity contribution in [3.8, 4) is 0 Å². The standard InChI is InChI=1S/C29H32ClN3OS/c1-29(2,15-20-11-12-21-7-3-4-8-22(21)13-20)31-16-27(34)26-18-35-19-33(26)17-24-14-23-9-5-6-10-25(23)32-28(24)30/h3-14,26-27,31,34H,15-19H2,1-2H3/t26-,27+/m1/s1. The molecule has 182 valence electrons. The average Bonchev–Trinajstić information content (AvgIpc) is 3.31. The molecule has 1 saturated heterocycles. The maximum Gasteiger partial charge on any atom is 0.134 e. The number of fused-ring (bicyclic) bond motifs is 2. The van der Waals surface area contributed by atoms with Crippen LogP contribution in [0.1, 0.15) is 25.0 Å². The molecule has 0 radical (unpaired) electrons. The molecule has 4 nitrogen and oxygen atoms in total. The second kappa shape index (κ2) is 10.5. The van der Waals surface area contributed by atoms with Gasteiger partial charge in [0.05, 0.1) is 11.6 Å². The summed E-state index contributed by atoms with van der Waals surface area (Å²) < 4.78 is 0. The van der Waals surface area contributed by atoms with E-state index in [1.807, 2.05) is 30.0 Å². The molecule has 2 N–H and O–H groups in total. The average molecular weight is 506 g/mol. The summed E-state index contributed by atoms with van der Waals surface area (Å²) in [7, 11) is 0. The van der Waals surface area contributed by atoms with Crippen LogP contribution in [-0.4, -0.2) is 50.8 Å². The lowest BCUT2D eigenvalue weighted by atomic mass is 9.93. The summed E-state index contributed by atoms with van der Waals surface area (Å²) in [5, 5.41) is 18.9. The van der Waals surface area contributed by atoms with Crippen molar-refractivity contribution in [2.24, 2.45) is 0 Å². The molecule has 5 rings (SSSR count). The zero-order chi connectivity index (χ0) is 24.4. The molecule has 35 heavy (non-hydrogen) atoms. The van der Waals surface area contributed by atoms with Crippen LogP contribution in [0.3, 0.4) is 0 Å². The summed E-state index contributed by atoms with van der Waals surface area (Å²) in [6.07, 6.45) is 0.430. The van der Waals surface area contributed by atoms with E-state index in [9.17, 15) is 5.11 Å². The Morgan fingerprint density at radius 1 is 1.06 bits per heavy atom. The molecule has 0 spiro atoms. The molecule has 0 amide bonds. The van der Waals surface area contributed by atoms with Gasteiger partial charge in [0, 0.05) is 47.2 Å². The topological polar surface area (TPSA) is 48.4 Å². The minimum atomic E-state index is -0.465. The Morgan fingerprint density at radius 2 is 1.80 bits per heavy atom. The first-order chi connectivity index (χ1) is 16.9. The van der Waals surface area contributed by atoms with Crippen molar-refractivity contribution in [2.75, 3.05) is 18.2 Å². The molecule has 1 aromatic heterocycles. The Bertz CT molecular complexity index is 1330. The number of hydrogen-bond acceptors (Lipinski definition) is 5. The highest BCUT2D eigenvalue weighted by Crippen LogP contribution is 2.29. The second-order valence-corrected chi connectivity index (χ2v) is 11.5. The van der Waals surface area contributed by atoms with Crippen LogP contribution in [0.25, 0.3) is 21.7 Å². The summed E-state index contributed by atoms with van der Waals surface area (Å²) in [4.78, 5) is 6.90. The van der Waals surface area contributed by atoms with Gasteiger partial charge in [-0.2, -0.15) is 0 Å². The third-order valence-corrected chi connectivity index (χ3v) is 8.25. The number of β-amino-alcohol motifs (C(OH)–C–C–N with tert-alkyl or cyclic N) is 1. The number of aliphatic hydroxyl groups excluding tert-OH is 1. The van der Waals surface area contributed by atoms with E-state index in [-0.39, 0.29) is 11.6 Å². The van der Waals surface area contributed by atoms with E-state index in [0.29, 0.717) is 18.2 Å². The molecule has 0 bridgehead atoms. The largest absolute Gasteiger partial charge is 0.390 e. The molecular weight excluding hydrogens is 474 g/mol. The molecule has 2 atom stereocenters. The van der Waals surface area contributed by atoms with E-state index in [0.717, 1.165) is 34.5 Å². The fourth-order valence-electron chi connectivity index (χ4n) is 4.91. The molecule has 3 aromatic carbocycles. The summed E-state index contributed by atoms with van der Waals surface area (Å²) in [6, 6.07) is 25.4. The van der Waals surface area contributed by atoms with Gasteiger partial charge in [-0.15, -0.1) is 11.8 Å². The summed E-state index contributed by atoms with van der Waals surface area (Å²) in [5.74, 6) is 1.79. The van der Waals surface area contributed by atoms with Gasteiger partial charge in [-0.25, -0.2) is 4.98 Å². The number of halogens is 1. The van der Waals surface area contributed by atoms with Crippen molar-refractivity contribution >= 4 is 45.0 Å². The SMILES string of the molecule is CC(C)(Cc1ccc2ccccc2c1)NC[C@H](O)[C@H]1CSCN1Cc1cc2ccccc2nc1Cl. The van der Waals surface area contributed by atoms with Crippen LogP contribution in [0, 0.1) is 0 Å². The fraction of sp³-hybridized carbons (Fsp3) is 0.345. The predicted molar refractivity (Wildman–Crippen MR) is 149 cm³/mol. The van der Waals surface area contributed by atoms with E-state index in [4.69, 9.17) is 11.6 Å². The summed E-state index contributed by atoms with van der Waals surface area (Å²) in [5.41, 5.74) is 3.08. The van der Waals surface area contributed by atoms with Gasteiger partial charge in [0.25, 0.3) is 0 Å². The number of aliphatic hydroxyl groups is 1. The third kappa shape index (κ3) is 5.82. The lowest BCUT2D eigenvalue weighted by Gasteiger charge is -2.32. The van der Waals surface area contributed by atoms with Gasteiger partial charge in [-0.05, 0) is 48.7 Å². The number of aromatic nitrogens is 1. The van der Waals surface area contributed by atoms with Gasteiger partial charge in [0.15, 0.2) is 0 Å². The van der Waals surface area contributed by atoms with Crippen molar-refractivity contribution in [1.29, 1.82) is 0 Å². The first kappa shape index (κ1) is 24.5. The van der Waals surface area contributed by atoms with Crippen molar-refractivity contribution in [3.63, 3.8) is 0 Å². The Morgan fingerprint density at radius 3 is 2.63 bits per heavy atom. The predicted octanol–water partition coefficient (Wildman–Crippen LogP) is 5.89. The van der Waals surface area contributed by atoms with Gasteiger partial charge in [0.2, 0.25) is 0 Å². The van der Waals surface area contributed by atoms with Crippen LogP contribution in [0.4, 0.5) is 0 Å². The molecule has 1 fully saturated rings. The summed E-state index contributed by atoms with van der Waals surface area (Å²) in [6.45, 7) is 5.64. The number of nitrogens with one attached hydrogen (secondary N) is 1. The monoisotopic (exact) mass is 505 g/mol. The van der Waals surface area contributed by atoms with Gasteiger partial charge in [-0.1, -0.05) is 72.3 Å². The molecular formula is C29H32ClN3OS. The van der Waals surface area contributed by atoms with Crippen LogP contribution in [0.5, 0.6) is 0 Å². The molecule has 4 aromatic rings. The Kier molecular flexibility index (Phi) is 7.33. The smallest absolute Gasteiger partial charge is 0.134 e. The van der Waals surface area contributed by atoms with Crippen molar-refractivity contribution in [3.05, 3.63) is 89.1 Å². The first-order valence-electron chi connectivity index (χ1n) is 12.1. The van der Waals surface area contributed by atoms with E-state index in [1.165, 1.54) is 16.3 Å². The van der Waals surface area contributed by atoms with Crippen molar-refractivity contribution in [2.45, 2.75) is 44.5 Å². The summed E-state index contributed by atoms with van der Waals surface area (Å²) >= 11 is 8.38. The molecule has 2 heterocycles.